The van der Waals surface area contributed by atoms with Crippen molar-refractivity contribution in [3.8, 4) is 16.9 Å². The lowest BCUT2D eigenvalue weighted by Gasteiger charge is -2.26. The molecule has 0 saturated carbocycles. The number of unbranched alkanes of at least 4 members (excludes halogenated alkanes) is 1. The minimum absolute atomic E-state index is 0.00869. The van der Waals surface area contributed by atoms with Gasteiger partial charge in [-0.15, -0.1) is 0 Å². The summed E-state index contributed by atoms with van der Waals surface area (Å²) in [6.45, 7) is 4.40. The average molecular weight is 397 g/mol. The summed E-state index contributed by atoms with van der Waals surface area (Å²) < 4.78 is 16.7. The highest BCUT2D eigenvalue weighted by atomic mass is 16.7. The number of carbonyl (C=O) groups excluding carboxylic acids is 1. The van der Waals surface area contributed by atoms with Gasteiger partial charge in [0.2, 0.25) is 0 Å². The van der Waals surface area contributed by atoms with Crippen LogP contribution in [-0.4, -0.2) is 25.0 Å². The number of hydrogen-bond donors (Lipinski definition) is 0. The molecule has 1 heterocycles. The minimum Gasteiger partial charge on any atom is -0.427 e. The Morgan fingerprint density at radius 1 is 1.03 bits per heavy atom. The summed E-state index contributed by atoms with van der Waals surface area (Å²) in [6.07, 6.45) is 8.15. The van der Waals surface area contributed by atoms with E-state index in [4.69, 9.17) is 14.2 Å². The van der Waals surface area contributed by atoms with Gasteiger partial charge in [0.15, 0.2) is 6.29 Å². The first-order valence-corrected chi connectivity index (χ1v) is 10.7. The highest BCUT2D eigenvalue weighted by Gasteiger charge is 2.16. The zero-order chi connectivity index (χ0) is 20.5. The maximum Gasteiger partial charge on any atom is 0.308 e. The van der Waals surface area contributed by atoms with Crippen molar-refractivity contribution < 1.29 is 19.0 Å². The van der Waals surface area contributed by atoms with E-state index in [-0.39, 0.29) is 18.4 Å². The third-order valence-corrected chi connectivity index (χ3v) is 5.25. The van der Waals surface area contributed by atoms with Gasteiger partial charge < -0.3 is 14.2 Å². The molecule has 4 heteroatoms. The van der Waals surface area contributed by atoms with Gasteiger partial charge in [-0.25, -0.2) is 0 Å². The van der Waals surface area contributed by atoms with Gasteiger partial charge in [0.1, 0.15) is 5.75 Å². The van der Waals surface area contributed by atoms with Crippen LogP contribution < -0.4 is 4.74 Å². The molecule has 1 aliphatic heterocycles. The van der Waals surface area contributed by atoms with Crippen LogP contribution in [0.25, 0.3) is 11.1 Å². The first-order valence-electron chi connectivity index (χ1n) is 10.7. The van der Waals surface area contributed by atoms with Gasteiger partial charge in [-0.3, -0.25) is 4.79 Å². The van der Waals surface area contributed by atoms with Crippen LogP contribution in [0, 0.1) is 0 Å². The summed E-state index contributed by atoms with van der Waals surface area (Å²) in [4.78, 5) is 11.0. The Balaban J connectivity index is 1.39. The van der Waals surface area contributed by atoms with E-state index in [1.165, 1.54) is 18.9 Å². The van der Waals surface area contributed by atoms with E-state index in [9.17, 15) is 4.79 Å². The lowest BCUT2D eigenvalue weighted by Crippen LogP contribution is -2.26. The molecule has 0 aliphatic carbocycles. The summed E-state index contributed by atoms with van der Waals surface area (Å²) in [5.41, 5.74) is 3.63. The highest BCUT2D eigenvalue weighted by Crippen LogP contribution is 2.24. The minimum atomic E-state index is -0.301. The number of hydrogen-bond acceptors (Lipinski definition) is 4. The standard InChI is InChI=1S/C25H32O4/c1-19(28-25-9-5-6-18-27-25)7-3-4-8-21-10-12-22(13-11-21)23-14-16-24(17-15-23)29-20(2)26/h10-17,19,25H,3-9,18H2,1-2H3. The molecule has 2 unspecified atom stereocenters. The fourth-order valence-electron chi connectivity index (χ4n) is 3.65. The maximum atomic E-state index is 11.0. The van der Waals surface area contributed by atoms with Crippen molar-refractivity contribution in [1.82, 2.24) is 0 Å². The summed E-state index contributed by atoms with van der Waals surface area (Å²) in [5.74, 6) is 0.275. The Labute approximate surface area is 174 Å². The van der Waals surface area contributed by atoms with E-state index in [0.29, 0.717) is 5.75 Å². The molecule has 1 saturated heterocycles. The number of aryl methyl sites for hydroxylation is 1. The SMILES string of the molecule is CC(=O)Oc1ccc(-c2ccc(CCCCC(C)OC3CCCCO3)cc2)cc1. The van der Waals surface area contributed by atoms with Gasteiger partial charge in [0.25, 0.3) is 0 Å². The Morgan fingerprint density at radius 3 is 2.34 bits per heavy atom. The second-order valence-corrected chi connectivity index (χ2v) is 7.80. The van der Waals surface area contributed by atoms with Crippen molar-refractivity contribution in [3.05, 3.63) is 54.1 Å². The zero-order valence-corrected chi connectivity index (χ0v) is 17.6. The Bertz CT molecular complexity index is 745. The second kappa shape index (κ2) is 11.1. The number of ether oxygens (including phenoxy) is 3. The van der Waals surface area contributed by atoms with Crippen molar-refractivity contribution in [2.45, 2.75) is 71.2 Å². The predicted octanol–water partition coefficient (Wildman–Crippen LogP) is 5.92. The van der Waals surface area contributed by atoms with E-state index in [0.717, 1.165) is 56.3 Å². The topological polar surface area (TPSA) is 44.8 Å². The van der Waals surface area contributed by atoms with Gasteiger partial charge in [-0.2, -0.15) is 0 Å². The molecular weight excluding hydrogens is 364 g/mol. The fraction of sp³-hybridized carbons (Fsp3) is 0.480. The van der Waals surface area contributed by atoms with Crippen LogP contribution in [0.2, 0.25) is 0 Å². The van der Waals surface area contributed by atoms with Crippen molar-refractivity contribution in [2.24, 2.45) is 0 Å². The van der Waals surface area contributed by atoms with Crippen LogP contribution in [0.15, 0.2) is 48.5 Å². The molecule has 2 aromatic rings. The molecule has 0 bridgehead atoms. The number of rotatable bonds is 9. The predicted molar refractivity (Wildman–Crippen MR) is 115 cm³/mol. The van der Waals surface area contributed by atoms with Crippen LogP contribution >= 0.6 is 0 Å². The number of esters is 1. The normalized spacial score (nSPS) is 17.7. The third kappa shape index (κ3) is 7.30. The summed E-state index contributed by atoms with van der Waals surface area (Å²) in [7, 11) is 0. The molecule has 1 aliphatic rings. The molecule has 2 aromatic carbocycles. The van der Waals surface area contributed by atoms with Crippen molar-refractivity contribution in [2.75, 3.05) is 6.61 Å². The van der Waals surface area contributed by atoms with Gasteiger partial charge in [0, 0.05) is 13.5 Å². The molecule has 0 spiro atoms. The Hall–Kier alpha value is -2.17. The van der Waals surface area contributed by atoms with Crippen LogP contribution in [-0.2, 0) is 20.7 Å². The highest BCUT2D eigenvalue weighted by molar-refractivity contribution is 5.70. The van der Waals surface area contributed by atoms with Crippen LogP contribution in [0.5, 0.6) is 5.75 Å². The van der Waals surface area contributed by atoms with E-state index < -0.39 is 0 Å². The molecule has 3 rings (SSSR count). The lowest BCUT2D eigenvalue weighted by atomic mass is 10.0. The van der Waals surface area contributed by atoms with E-state index in [1.807, 2.05) is 24.3 Å². The largest absolute Gasteiger partial charge is 0.427 e. The number of carbonyl (C=O) groups is 1. The Morgan fingerprint density at radius 2 is 1.72 bits per heavy atom. The monoisotopic (exact) mass is 396 g/mol. The molecule has 0 radical (unpaired) electrons. The second-order valence-electron chi connectivity index (χ2n) is 7.80. The van der Waals surface area contributed by atoms with Crippen molar-refractivity contribution in [1.29, 1.82) is 0 Å². The average Bonchev–Trinajstić information content (AvgIpc) is 2.73. The van der Waals surface area contributed by atoms with Gasteiger partial charge >= 0.3 is 5.97 Å². The molecule has 0 aromatic heterocycles. The van der Waals surface area contributed by atoms with Gasteiger partial charge in [0.05, 0.1) is 6.10 Å². The smallest absolute Gasteiger partial charge is 0.308 e. The molecule has 0 N–H and O–H groups in total. The number of benzene rings is 2. The summed E-state index contributed by atoms with van der Waals surface area (Å²) in [5, 5.41) is 0. The zero-order valence-electron chi connectivity index (χ0n) is 17.6. The van der Waals surface area contributed by atoms with Crippen LogP contribution in [0.4, 0.5) is 0 Å². The van der Waals surface area contributed by atoms with E-state index in [1.54, 1.807) is 0 Å². The van der Waals surface area contributed by atoms with E-state index in [2.05, 4.69) is 31.2 Å². The fourth-order valence-corrected chi connectivity index (χ4v) is 3.65. The van der Waals surface area contributed by atoms with E-state index >= 15 is 0 Å². The van der Waals surface area contributed by atoms with Crippen molar-refractivity contribution in [3.63, 3.8) is 0 Å². The first kappa shape index (κ1) is 21.5. The molecule has 4 nitrogen and oxygen atoms in total. The molecule has 2 atom stereocenters. The summed E-state index contributed by atoms with van der Waals surface area (Å²) >= 11 is 0. The molecule has 0 amide bonds. The molecular formula is C25H32O4. The van der Waals surface area contributed by atoms with Crippen LogP contribution in [0.3, 0.4) is 0 Å². The van der Waals surface area contributed by atoms with Crippen LogP contribution in [0.1, 0.15) is 57.9 Å². The van der Waals surface area contributed by atoms with Crippen molar-refractivity contribution >= 4 is 5.97 Å². The first-order chi connectivity index (χ1) is 14.1. The Kier molecular flexibility index (Phi) is 8.26. The molecule has 1 fully saturated rings. The molecule has 29 heavy (non-hydrogen) atoms. The quantitative estimate of drug-likeness (QED) is 0.300. The van der Waals surface area contributed by atoms with Gasteiger partial charge in [-0.1, -0.05) is 42.8 Å². The molecule has 156 valence electrons. The summed E-state index contributed by atoms with van der Waals surface area (Å²) in [6, 6.07) is 16.3. The van der Waals surface area contributed by atoms with Gasteiger partial charge in [-0.05, 0) is 74.3 Å². The third-order valence-electron chi connectivity index (χ3n) is 5.25. The lowest BCUT2D eigenvalue weighted by molar-refractivity contribution is -0.185. The maximum absolute atomic E-state index is 11.0.